The van der Waals surface area contributed by atoms with E-state index in [1.807, 2.05) is 24.3 Å². The Kier molecular flexibility index (Phi) is 2.04. The summed E-state index contributed by atoms with van der Waals surface area (Å²) < 4.78 is 0.139. The quantitative estimate of drug-likeness (QED) is 0.545. The monoisotopic (exact) mass is 172 g/mol. The van der Waals surface area contributed by atoms with Crippen molar-refractivity contribution in [1.82, 2.24) is 0 Å². The molecule has 2 rings (SSSR count). The van der Waals surface area contributed by atoms with Gasteiger partial charge in [-0.15, -0.1) is 0 Å². The molecule has 2 radical (unpaired) electrons. The molecule has 1 aromatic carbocycles. The first-order chi connectivity index (χ1) is 5.79. The maximum Gasteiger partial charge on any atom is 0.150 e. The second kappa shape index (κ2) is 3.05. The lowest BCUT2D eigenvalue weighted by Crippen LogP contribution is -2.17. The van der Waals surface area contributed by atoms with Gasteiger partial charge in [-0.2, -0.15) is 0 Å². The van der Waals surface area contributed by atoms with Crippen LogP contribution >= 0.6 is 0 Å². The van der Waals surface area contributed by atoms with Crippen LogP contribution in [0, 0.1) is 0 Å². The van der Waals surface area contributed by atoms with Gasteiger partial charge < -0.3 is 0 Å². The first-order valence-electron chi connectivity index (χ1n) is 4.17. The number of aryl methyl sites for hydroxylation is 1. The highest BCUT2D eigenvalue weighted by atomic mass is 27.0. The lowest BCUT2D eigenvalue weighted by atomic mass is 9.90. The van der Waals surface area contributed by atoms with Crippen LogP contribution in [0.2, 0.25) is 4.78 Å². The molecular formula is C10H9AlO. The van der Waals surface area contributed by atoms with E-state index in [-0.39, 0.29) is 10.6 Å². The van der Waals surface area contributed by atoms with E-state index in [1.165, 1.54) is 5.56 Å². The molecule has 1 unspecified atom stereocenters. The summed E-state index contributed by atoms with van der Waals surface area (Å²) in [4.78, 5) is 11.6. The van der Waals surface area contributed by atoms with Gasteiger partial charge in [0.1, 0.15) is 16.3 Å². The number of carbonyl (C=O) groups is 1. The Balaban J connectivity index is 2.49. The maximum atomic E-state index is 11.6. The first kappa shape index (κ1) is 8.04. The zero-order valence-corrected chi connectivity index (χ0v) is 7.94. The van der Waals surface area contributed by atoms with Crippen molar-refractivity contribution >= 4 is 22.1 Å². The molecule has 0 fully saturated rings. The highest BCUT2D eigenvalue weighted by molar-refractivity contribution is 6.28. The van der Waals surface area contributed by atoms with Crippen molar-refractivity contribution in [3.05, 3.63) is 35.4 Å². The van der Waals surface area contributed by atoms with Gasteiger partial charge in [-0.1, -0.05) is 30.7 Å². The van der Waals surface area contributed by atoms with Gasteiger partial charge in [-0.3, -0.25) is 4.79 Å². The van der Waals surface area contributed by atoms with Crippen LogP contribution in [0.3, 0.4) is 0 Å². The van der Waals surface area contributed by atoms with Crippen LogP contribution in [0.1, 0.15) is 22.3 Å². The Morgan fingerprint density at radius 1 is 1.33 bits per heavy atom. The molecule has 0 spiro atoms. The molecule has 1 atom stereocenters. The average molecular weight is 172 g/mol. The van der Waals surface area contributed by atoms with Crippen molar-refractivity contribution in [3.63, 3.8) is 0 Å². The smallest absolute Gasteiger partial charge is 0.150 e. The largest absolute Gasteiger partial charge is 0.295 e. The third-order valence-corrected chi connectivity index (χ3v) is 2.98. The zero-order valence-electron chi connectivity index (χ0n) is 6.79. The SMILES string of the molecule is O=C1c2ccccc2CC[CH]1[Al]. The van der Waals surface area contributed by atoms with Gasteiger partial charge in [-0.25, -0.2) is 0 Å². The molecule has 0 aromatic heterocycles. The summed E-state index contributed by atoms with van der Waals surface area (Å²) in [5.74, 6) is 0.279. The van der Waals surface area contributed by atoms with E-state index in [9.17, 15) is 4.79 Å². The average Bonchev–Trinajstić information content (AvgIpc) is 2.12. The van der Waals surface area contributed by atoms with Gasteiger partial charge in [0.05, 0.1) is 0 Å². The van der Waals surface area contributed by atoms with Crippen LogP contribution in [-0.4, -0.2) is 22.1 Å². The van der Waals surface area contributed by atoms with Crippen LogP contribution in [0.4, 0.5) is 0 Å². The van der Waals surface area contributed by atoms with Crippen molar-refractivity contribution in [1.29, 1.82) is 0 Å². The minimum absolute atomic E-state index is 0.139. The van der Waals surface area contributed by atoms with Gasteiger partial charge in [0.15, 0.2) is 5.78 Å². The predicted octanol–water partition coefficient (Wildman–Crippen LogP) is 1.77. The van der Waals surface area contributed by atoms with Crippen molar-refractivity contribution < 1.29 is 4.79 Å². The first-order valence-corrected chi connectivity index (χ1v) is 4.83. The summed E-state index contributed by atoms with van der Waals surface area (Å²) in [7, 11) is 0. The number of rotatable bonds is 0. The van der Waals surface area contributed by atoms with Crippen LogP contribution in [-0.2, 0) is 6.42 Å². The fourth-order valence-electron chi connectivity index (χ4n) is 1.62. The second-order valence-electron chi connectivity index (χ2n) is 3.17. The van der Waals surface area contributed by atoms with Crippen LogP contribution < -0.4 is 0 Å². The van der Waals surface area contributed by atoms with Crippen molar-refractivity contribution in [2.24, 2.45) is 0 Å². The lowest BCUT2D eigenvalue weighted by molar-refractivity contribution is 0.0973. The molecule has 1 nitrogen and oxygen atoms in total. The highest BCUT2D eigenvalue weighted by Crippen LogP contribution is 2.26. The summed E-state index contributed by atoms with van der Waals surface area (Å²) in [5.41, 5.74) is 2.13. The Morgan fingerprint density at radius 3 is 2.92 bits per heavy atom. The number of hydrogen-bond donors (Lipinski definition) is 0. The lowest BCUT2D eigenvalue weighted by Gasteiger charge is -2.20. The van der Waals surface area contributed by atoms with Gasteiger partial charge in [-0.05, 0) is 16.8 Å². The third kappa shape index (κ3) is 1.22. The number of hydrogen-bond acceptors (Lipinski definition) is 1. The summed E-state index contributed by atoms with van der Waals surface area (Å²) in [6, 6.07) is 7.90. The summed E-state index contributed by atoms with van der Waals surface area (Å²) in [6.07, 6.45) is 2.01. The van der Waals surface area contributed by atoms with Crippen LogP contribution in [0.5, 0.6) is 0 Å². The number of benzene rings is 1. The fourth-order valence-corrected chi connectivity index (χ4v) is 1.97. The molecule has 12 heavy (non-hydrogen) atoms. The minimum Gasteiger partial charge on any atom is -0.295 e. The molecule has 58 valence electrons. The molecule has 2 heteroatoms. The second-order valence-corrected chi connectivity index (χ2v) is 3.97. The van der Waals surface area contributed by atoms with Crippen molar-refractivity contribution in [3.8, 4) is 0 Å². The number of fused-ring (bicyclic) bond motifs is 1. The molecule has 0 bridgehead atoms. The molecular weight excluding hydrogens is 163 g/mol. The molecule has 0 amide bonds. The van der Waals surface area contributed by atoms with E-state index in [0.717, 1.165) is 18.4 Å². The Bertz CT molecular complexity index is 319. The molecule has 1 aromatic rings. The van der Waals surface area contributed by atoms with Crippen molar-refractivity contribution in [2.75, 3.05) is 0 Å². The molecule has 1 aliphatic rings. The van der Waals surface area contributed by atoms with E-state index >= 15 is 0 Å². The normalized spacial score (nSPS) is 22.0. The third-order valence-electron chi connectivity index (χ3n) is 2.34. The van der Waals surface area contributed by atoms with E-state index in [0.29, 0.717) is 0 Å². The number of carbonyl (C=O) groups excluding carboxylic acids is 1. The highest BCUT2D eigenvalue weighted by Gasteiger charge is 2.21. The van der Waals surface area contributed by atoms with Crippen LogP contribution in [0.25, 0.3) is 0 Å². The Hall–Kier alpha value is -0.578. The Morgan fingerprint density at radius 2 is 2.08 bits per heavy atom. The molecule has 1 aliphatic carbocycles. The summed E-state index contributed by atoms with van der Waals surface area (Å²) in [6.45, 7) is 0. The molecule has 0 saturated carbocycles. The number of ketones is 1. The summed E-state index contributed by atoms with van der Waals surface area (Å²) >= 11 is 2.62. The minimum atomic E-state index is 0.139. The van der Waals surface area contributed by atoms with E-state index < -0.39 is 0 Å². The maximum absolute atomic E-state index is 11.6. The summed E-state index contributed by atoms with van der Waals surface area (Å²) in [5, 5.41) is 0. The fraction of sp³-hybridized carbons (Fsp3) is 0.300. The molecule has 0 saturated heterocycles. The van der Waals surface area contributed by atoms with E-state index in [1.54, 1.807) is 0 Å². The predicted molar refractivity (Wildman–Crippen MR) is 48.6 cm³/mol. The van der Waals surface area contributed by atoms with Crippen molar-refractivity contribution in [2.45, 2.75) is 17.6 Å². The van der Waals surface area contributed by atoms with Gasteiger partial charge in [0.25, 0.3) is 0 Å². The van der Waals surface area contributed by atoms with Gasteiger partial charge in [0.2, 0.25) is 0 Å². The molecule has 0 heterocycles. The van der Waals surface area contributed by atoms with E-state index in [4.69, 9.17) is 0 Å². The molecule has 0 aliphatic heterocycles. The van der Waals surface area contributed by atoms with Crippen LogP contribution in [0.15, 0.2) is 24.3 Å². The standard InChI is InChI=1S/C10H9O.Al/c11-10-7-3-5-8-4-1-2-6-9(8)10;/h1-2,4,6-7H,3,5H2;. The van der Waals surface area contributed by atoms with E-state index in [2.05, 4.69) is 16.3 Å². The van der Waals surface area contributed by atoms with Gasteiger partial charge >= 0.3 is 0 Å². The zero-order chi connectivity index (χ0) is 8.55. The van der Waals surface area contributed by atoms with Gasteiger partial charge in [0, 0.05) is 5.56 Å². The number of Topliss-reactive ketones (excluding diaryl/α,β-unsaturated/α-hetero) is 1. The Labute approximate surface area is 80.2 Å². The topological polar surface area (TPSA) is 17.1 Å². The molecule has 0 N–H and O–H groups in total.